The van der Waals surface area contributed by atoms with Gasteiger partial charge in [0.1, 0.15) is 5.75 Å². The third-order valence-corrected chi connectivity index (χ3v) is 8.50. The molecule has 0 aliphatic carbocycles. The van der Waals surface area contributed by atoms with Gasteiger partial charge in [-0.15, -0.1) is 11.3 Å². The molecule has 0 atom stereocenters. The van der Waals surface area contributed by atoms with Gasteiger partial charge in [0, 0.05) is 27.9 Å². The second-order valence-corrected chi connectivity index (χ2v) is 11.4. The maximum atomic E-state index is 11.6. The van der Waals surface area contributed by atoms with E-state index in [0.29, 0.717) is 19.8 Å². The lowest BCUT2D eigenvalue weighted by Gasteiger charge is -2.44. The average molecular weight is 595 g/mol. The topological polar surface area (TPSA) is 71.6 Å². The fourth-order valence-corrected chi connectivity index (χ4v) is 6.11. The Morgan fingerprint density at radius 3 is 2.45 bits per heavy atom. The predicted molar refractivity (Wildman–Crippen MR) is 177 cm³/mol. The number of H-pyrrole nitrogens is 1. The number of fused-ring (bicyclic) bond motifs is 2. The highest BCUT2D eigenvalue weighted by atomic mass is 32.1. The van der Waals surface area contributed by atoms with E-state index < -0.39 is 0 Å². The lowest BCUT2D eigenvalue weighted by atomic mass is 10.1. The first-order valence-corrected chi connectivity index (χ1v) is 16.3. The monoisotopic (exact) mass is 594 g/mol. The molecule has 42 heavy (non-hydrogen) atoms. The van der Waals surface area contributed by atoms with Crippen LogP contribution in [-0.4, -0.2) is 62.0 Å². The first kappa shape index (κ1) is 33.1. The molecule has 3 heterocycles. The number of nitrogens with zero attached hydrogens (tertiary/aromatic N) is 2. The summed E-state index contributed by atoms with van der Waals surface area (Å²) in [4.78, 5) is 27.8. The molecule has 1 saturated heterocycles. The van der Waals surface area contributed by atoms with E-state index in [-0.39, 0.29) is 5.56 Å². The van der Waals surface area contributed by atoms with Gasteiger partial charge in [0.2, 0.25) is 12.3 Å². The number of nitrogens with one attached hydrogen (secondary N) is 1. The van der Waals surface area contributed by atoms with Gasteiger partial charge in [0.05, 0.1) is 44.8 Å². The van der Waals surface area contributed by atoms with E-state index in [2.05, 4.69) is 53.4 Å². The second-order valence-electron chi connectivity index (χ2n) is 10.5. The first-order chi connectivity index (χ1) is 20.6. The minimum absolute atomic E-state index is 0.117. The van der Waals surface area contributed by atoms with Crippen molar-refractivity contribution in [2.24, 2.45) is 0 Å². The number of hydrogen-bond donors (Lipinski definition) is 1. The van der Waals surface area contributed by atoms with Gasteiger partial charge in [0.25, 0.3) is 6.47 Å². The molecule has 0 amide bonds. The molecule has 1 fully saturated rings. The van der Waals surface area contributed by atoms with Gasteiger partial charge in [-0.2, -0.15) is 0 Å². The van der Waals surface area contributed by atoms with Crippen molar-refractivity contribution < 1.29 is 18.8 Å². The van der Waals surface area contributed by atoms with Crippen molar-refractivity contribution in [3.8, 4) is 5.75 Å². The maximum absolute atomic E-state index is 11.6. The summed E-state index contributed by atoms with van der Waals surface area (Å²) >= 11 is 1.77. The molecule has 4 aromatic rings. The summed E-state index contributed by atoms with van der Waals surface area (Å²) in [6.45, 7) is 14.7. The average Bonchev–Trinajstić information content (AvgIpc) is 3.51. The molecule has 0 saturated carbocycles. The Morgan fingerprint density at radius 1 is 0.976 bits per heavy atom. The maximum Gasteiger partial charge on any atom is 0.297 e. The Hall–Kier alpha value is -3.36. The number of aromatic nitrogens is 1. The highest BCUT2D eigenvalue weighted by molar-refractivity contribution is 7.17. The number of rotatable bonds is 12. The summed E-state index contributed by atoms with van der Waals surface area (Å²) in [5.74, 6) is 0.753. The van der Waals surface area contributed by atoms with Crippen LogP contribution in [-0.2, 0) is 9.53 Å². The number of carbonyl (C=O) groups excluding carboxylic acids is 1. The summed E-state index contributed by atoms with van der Waals surface area (Å²) in [6, 6.07) is 17.8. The van der Waals surface area contributed by atoms with Crippen LogP contribution < -0.4 is 15.2 Å². The van der Waals surface area contributed by atoms with Crippen LogP contribution in [0.3, 0.4) is 0 Å². The molecule has 8 heteroatoms. The van der Waals surface area contributed by atoms with Gasteiger partial charge in [0.15, 0.2) is 0 Å². The number of hydrogen-bond acceptors (Lipinski definition) is 6. The van der Waals surface area contributed by atoms with E-state index in [9.17, 15) is 9.59 Å². The molecular formula is C34H48N3O4S+. The van der Waals surface area contributed by atoms with Crippen LogP contribution in [0.1, 0.15) is 59.8 Å². The normalized spacial score (nSPS) is 14.0. The number of quaternary nitrogens is 1. The van der Waals surface area contributed by atoms with Gasteiger partial charge < -0.3 is 19.4 Å². The highest BCUT2D eigenvalue weighted by Crippen LogP contribution is 2.32. The minimum Gasteiger partial charge on any atom is -0.494 e. The van der Waals surface area contributed by atoms with Crippen LogP contribution in [0.15, 0.2) is 64.8 Å². The molecule has 0 radical (unpaired) electrons. The lowest BCUT2D eigenvalue weighted by Crippen LogP contribution is -2.61. The van der Waals surface area contributed by atoms with E-state index in [1.54, 1.807) is 11.3 Å². The molecular weight excluding hydrogens is 546 g/mol. The zero-order valence-corrected chi connectivity index (χ0v) is 26.6. The second kappa shape index (κ2) is 17.6. The van der Waals surface area contributed by atoms with Crippen LogP contribution in [0.25, 0.3) is 21.0 Å². The predicted octanol–water partition coefficient (Wildman–Crippen LogP) is 7.59. The van der Waals surface area contributed by atoms with Gasteiger partial charge >= 0.3 is 0 Å². The molecule has 0 spiro atoms. The van der Waals surface area contributed by atoms with Crippen LogP contribution in [0.5, 0.6) is 5.75 Å². The SMILES string of the molecule is CC.CCCCC.O=COC[N+]1(CCCCOc2ccc3ccc(=O)[nH]c3c2)CCN(c2cccc3sccc23)CC1. The van der Waals surface area contributed by atoms with Gasteiger partial charge in [-0.1, -0.05) is 53.0 Å². The number of piperazine rings is 1. The summed E-state index contributed by atoms with van der Waals surface area (Å²) < 4.78 is 13.3. The number of anilines is 1. The number of carbonyl (C=O) groups is 1. The Morgan fingerprint density at radius 2 is 1.74 bits per heavy atom. The van der Waals surface area contributed by atoms with Crippen molar-refractivity contribution in [3.05, 3.63) is 70.3 Å². The molecule has 0 bridgehead atoms. The molecule has 1 N–H and O–H groups in total. The van der Waals surface area contributed by atoms with Gasteiger partial charge in [-0.05, 0) is 60.0 Å². The van der Waals surface area contributed by atoms with Crippen molar-refractivity contribution >= 4 is 44.5 Å². The van der Waals surface area contributed by atoms with Crippen LogP contribution >= 0.6 is 11.3 Å². The molecule has 7 nitrogen and oxygen atoms in total. The summed E-state index contributed by atoms with van der Waals surface area (Å²) in [5.41, 5.74) is 1.96. The Bertz CT molecular complexity index is 1410. The van der Waals surface area contributed by atoms with Gasteiger partial charge in [-0.3, -0.25) is 14.1 Å². The first-order valence-electron chi connectivity index (χ1n) is 15.4. The number of aromatic amines is 1. The highest BCUT2D eigenvalue weighted by Gasteiger charge is 2.33. The summed E-state index contributed by atoms with van der Waals surface area (Å²) in [7, 11) is 0. The van der Waals surface area contributed by atoms with Gasteiger partial charge in [-0.25, -0.2) is 0 Å². The van der Waals surface area contributed by atoms with Crippen molar-refractivity contribution in [2.45, 2.75) is 59.8 Å². The van der Waals surface area contributed by atoms with E-state index in [1.807, 2.05) is 38.1 Å². The van der Waals surface area contributed by atoms with Crippen molar-refractivity contribution in [1.82, 2.24) is 4.98 Å². The third-order valence-electron chi connectivity index (χ3n) is 7.62. The fourth-order valence-electron chi connectivity index (χ4n) is 5.30. The largest absolute Gasteiger partial charge is 0.494 e. The zero-order valence-electron chi connectivity index (χ0n) is 25.8. The van der Waals surface area contributed by atoms with E-state index >= 15 is 0 Å². The molecule has 5 rings (SSSR count). The minimum atomic E-state index is -0.117. The zero-order chi connectivity index (χ0) is 30.2. The summed E-state index contributed by atoms with van der Waals surface area (Å²) in [5, 5.41) is 4.44. The van der Waals surface area contributed by atoms with E-state index in [0.717, 1.165) is 66.7 Å². The Balaban J connectivity index is 0.000000627. The van der Waals surface area contributed by atoms with Crippen LogP contribution in [0.2, 0.25) is 0 Å². The molecule has 2 aromatic heterocycles. The quantitative estimate of drug-likeness (QED) is 0.104. The molecule has 2 aromatic carbocycles. The molecule has 228 valence electrons. The van der Waals surface area contributed by atoms with E-state index in [4.69, 9.17) is 9.47 Å². The Labute approximate surface area is 254 Å². The van der Waals surface area contributed by atoms with Crippen molar-refractivity contribution in [1.29, 1.82) is 0 Å². The van der Waals surface area contributed by atoms with Crippen LogP contribution in [0, 0.1) is 0 Å². The smallest absolute Gasteiger partial charge is 0.297 e. The number of ether oxygens (including phenoxy) is 2. The molecule has 1 aliphatic heterocycles. The molecule has 0 unspecified atom stereocenters. The van der Waals surface area contributed by atoms with Crippen molar-refractivity contribution in [3.63, 3.8) is 0 Å². The summed E-state index contributed by atoms with van der Waals surface area (Å²) in [6.07, 6.45) is 5.96. The van der Waals surface area contributed by atoms with Crippen molar-refractivity contribution in [2.75, 3.05) is 51.0 Å². The van der Waals surface area contributed by atoms with Crippen LogP contribution in [0.4, 0.5) is 5.69 Å². The number of benzene rings is 2. The standard InChI is InChI=1S/C27H29N3O4S.C5H12.C2H6/c31-20-33-19-30(14-11-29(12-15-30)25-4-3-5-26-23(25)10-17-35-26)13-1-2-16-34-22-8-6-21-7-9-27(32)28-24(21)18-22;1-3-5-4-2;1-2/h3-10,17-18,20H,1-2,11-16,19H2;3-5H2,1-2H3;1-2H3/p+1. The molecule has 1 aliphatic rings. The number of pyridine rings is 1. The van der Waals surface area contributed by atoms with E-state index in [1.165, 1.54) is 41.1 Å². The number of unbranched alkanes of at least 4 members (excludes halogenated alkanes) is 3. The third kappa shape index (κ3) is 9.33. The Kier molecular flexibility index (Phi) is 13.9. The fraction of sp³-hybridized carbons (Fsp3) is 0.471. The number of thiophene rings is 1. The lowest BCUT2D eigenvalue weighted by molar-refractivity contribution is -0.944.